The van der Waals surface area contributed by atoms with Crippen LogP contribution >= 0.6 is 0 Å². The van der Waals surface area contributed by atoms with Crippen LogP contribution in [0.15, 0.2) is 0 Å². The molecule has 1 rings (SSSR count). The van der Waals surface area contributed by atoms with Gasteiger partial charge in [-0.3, -0.25) is 0 Å². The van der Waals surface area contributed by atoms with Gasteiger partial charge in [-0.15, -0.1) is 0 Å². The van der Waals surface area contributed by atoms with Gasteiger partial charge >= 0.3 is 0 Å². The van der Waals surface area contributed by atoms with E-state index in [1.54, 1.807) is 0 Å². The minimum atomic E-state index is -0.162. The summed E-state index contributed by atoms with van der Waals surface area (Å²) < 4.78 is 0. The SMILES string of the molecule is CCCC(O)CNC1CCN(CC)C(C)C1. The molecule has 1 aliphatic heterocycles. The normalized spacial score (nSPS) is 29.2. The van der Waals surface area contributed by atoms with Gasteiger partial charge in [0.05, 0.1) is 6.10 Å². The molecule has 96 valence electrons. The number of nitrogens with zero attached hydrogens (tertiary/aromatic N) is 1. The van der Waals surface area contributed by atoms with E-state index in [0.717, 1.165) is 25.9 Å². The number of rotatable bonds is 6. The van der Waals surface area contributed by atoms with Gasteiger partial charge in [0.15, 0.2) is 0 Å². The monoisotopic (exact) mass is 228 g/mol. The van der Waals surface area contributed by atoms with E-state index in [1.165, 1.54) is 19.4 Å². The Kier molecular flexibility index (Phi) is 6.32. The van der Waals surface area contributed by atoms with Crippen LogP contribution in [0.2, 0.25) is 0 Å². The molecule has 0 aliphatic carbocycles. The lowest BCUT2D eigenvalue weighted by Gasteiger charge is -2.37. The highest BCUT2D eigenvalue weighted by molar-refractivity contribution is 4.82. The summed E-state index contributed by atoms with van der Waals surface area (Å²) in [6.07, 6.45) is 4.25. The molecule has 16 heavy (non-hydrogen) atoms. The fourth-order valence-corrected chi connectivity index (χ4v) is 2.61. The largest absolute Gasteiger partial charge is 0.392 e. The number of hydrogen-bond acceptors (Lipinski definition) is 3. The Morgan fingerprint density at radius 2 is 2.19 bits per heavy atom. The lowest BCUT2D eigenvalue weighted by Crippen LogP contribution is -2.48. The molecule has 1 saturated heterocycles. The van der Waals surface area contributed by atoms with E-state index in [-0.39, 0.29) is 6.10 Å². The Hall–Kier alpha value is -0.120. The van der Waals surface area contributed by atoms with Crippen LogP contribution in [0.25, 0.3) is 0 Å². The van der Waals surface area contributed by atoms with Gasteiger partial charge in [0, 0.05) is 18.6 Å². The van der Waals surface area contributed by atoms with E-state index in [2.05, 4.69) is 31.0 Å². The molecule has 0 bridgehead atoms. The molecule has 1 fully saturated rings. The third-order valence-corrected chi connectivity index (χ3v) is 3.68. The third-order valence-electron chi connectivity index (χ3n) is 3.68. The zero-order valence-corrected chi connectivity index (χ0v) is 11.1. The number of piperidine rings is 1. The fourth-order valence-electron chi connectivity index (χ4n) is 2.61. The first-order valence-corrected chi connectivity index (χ1v) is 6.82. The van der Waals surface area contributed by atoms with Crippen LogP contribution in [0.5, 0.6) is 0 Å². The summed E-state index contributed by atoms with van der Waals surface area (Å²) in [6.45, 7) is 9.77. The van der Waals surface area contributed by atoms with Crippen molar-refractivity contribution in [1.82, 2.24) is 10.2 Å². The van der Waals surface area contributed by atoms with Crippen LogP contribution in [0.1, 0.15) is 46.5 Å². The third kappa shape index (κ3) is 4.40. The van der Waals surface area contributed by atoms with Gasteiger partial charge in [0.25, 0.3) is 0 Å². The predicted molar refractivity (Wildman–Crippen MR) is 68.6 cm³/mol. The summed E-state index contributed by atoms with van der Waals surface area (Å²) in [5.41, 5.74) is 0. The number of aliphatic hydroxyl groups is 1. The summed E-state index contributed by atoms with van der Waals surface area (Å²) in [5.74, 6) is 0. The van der Waals surface area contributed by atoms with Gasteiger partial charge in [-0.1, -0.05) is 20.3 Å². The first kappa shape index (κ1) is 13.9. The van der Waals surface area contributed by atoms with Crippen molar-refractivity contribution in [2.45, 2.75) is 64.6 Å². The molecular formula is C13H28N2O. The predicted octanol–water partition coefficient (Wildman–Crippen LogP) is 1.61. The minimum Gasteiger partial charge on any atom is -0.392 e. The van der Waals surface area contributed by atoms with Crippen molar-refractivity contribution in [3.63, 3.8) is 0 Å². The molecule has 0 aromatic carbocycles. The molecule has 3 unspecified atom stereocenters. The van der Waals surface area contributed by atoms with Crippen LogP contribution in [0.3, 0.4) is 0 Å². The standard InChI is InChI=1S/C13H28N2O/c1-4-6-13(16)10-14-12-7-8-15(5-2)11(3)9-12/h11-14,16H,4-10H2,1-3H3. The van der Waals surface area contributed by atoms with Gasteiger partial charge < -0.3 is 15.3 Å². The van der Waals surface area contributed by atoms with Crippen molar-refractivity contribution in [3.8, 4) is 0 Å². The number of likely N-dealkylation sites (tertiary alicyclic amines) is 1. The summed E-state index contributed by atoms with van der Waals surface area (Å²) in [7, 11) is 0. The topological polar surface area (TPSA) is 35.5 Å². The summed E-state index contributed by atoms with van der Waals surface area (Å²) in [6, 6.07) is 1.28. The van der Waals surface area contributed by atoms with E-state index < -0.39 is 0 Å². The smallest absolute Gasteiger partial charge is 0.0664 e. The quantitative estimate of drug-likeness (QED) is 0.725. The highest BCUT2D eigenvalue weighted by Crippen LogP contribution is 2.16. The summed E-state index contributed by atoms with van der Waals surface area (Å²) >= 11 is 0. The van der Waals surface area contributed by atoms with E-state index in [9.17, 15) is 5.11 Å². The first-order chi connectivity index (χ1) is 7.67. The van der Waals surface area contributed by atoms with E-state index >= 15 is 0 Å². The van der Waals surface area contributed by atoms with Crippen molar-refractivity contribution < 1.29 is 5.11 Å². The van der Waals surface area contributed by atoms with Crippen LogP contribution < -0.4 is 5.32 Å². The molecule has 1 heterocycles. The highest BCUT2D eigenvalue weighted by atomic mass is 16.3. The molecule has 2 N–H and O–H groups in total. The second-order valence-electron chi connectivity index (χ2n) is 5.05. The van der Waals surface area contributed by atoms with Gasteiger partial charge in [0.2, 0.25) is 0 Å². The fraction of sp³-hybridized carbons (Fsp3) is 1.00. The number of hydrogen-bond donors (Lipinski definition) is 2. The number of aliphatic hydroxyl groups excluding tert-OH is 1. The van der Waals surface area contributed by atoms with E-state index in [0.29, 0.717) is 12.1 Å². The molecule has 0 saturated carbocycles. The van der Waals surface area contributed by atoms with Crippen molar-refractivity contribution in [2.75, 3.05) is 19.6 Å². The van der Waals surface area contributed by atoms with Gasteiger partial charge in [-0.2, -0.15) is 0 Å². The second-order valence-corrected chi connectivity index (χ2v) is 5.05. The molecule has 0 aromatic heterocycles. The van der Waals surface area contributed by atoms with Crippen LogP contribution in [-0.4, -0.2) is 47.8 Å². The molecular weight excluding hydrogens is 200 g/mol. The summed E-state index contributed by atoms with van der Waals surface area (Å²) in [5, 5.41) is 13.2. The Morgan fingerprint density at radius 1 is 1.44 bits per heavy atom. The lowest BCUT2D eigenvalue weighted by molar-refractivity contribution is 0.121. The number of nitrogens with one attached hydrogen (secondary N) is 1. The van der Waals surface area contributed by atoms with Crippen LogP contribution in [0.4, 0.5) is 0 Å². The lowest BCUT2D eigenvalue weighted by atomic mass is 9.98. The minimum absolute atomic E-state index is 0.162. The van der Waals surface area contributed by atoms with Crippen LogP contribution in [0, 0.1) is 0 Å². The Labute approximate surface area is 100 Å². The highest BCUT2D eigenvalue weighted by Gasteiger charge is 2.23. The zero-order valence-electron chi connectivity index (χ0n) is 11.1. The Morgan fingerprint density at radius 3 is 2.75 bits per heavy atom. The molecule has 0 radical (unpaired) electrons. The molecule has 0 spiro atoms. The molecule has 0 amide bonds. The molecule has 3 nitrogen and oxygen atoms in total. The maximum absolute atomic E-state index is 9.67. The average molecular weight is 228 g/mol. The average Bonchev–Trinajstić information content (AvgIpc) is 2.27. The van der Waals surface area contributed by atoms with Crippen molar-refractivity contribution in [1.29, 1.82) is 0 Å². The Balaban J connectivity index is 2.19. The molecule has 3 atom stereocenters. The van der Waals surface area contributed by atoms with Gasteiger partial charge in [-0.05, 0) is 39.3 Å². The second kappa shape index (κ2) is 7.25. The van der Waals surface area contributed by atoms with Crippen LogP contribution in [-0.2, 0) is 0 Å². The van der Waals surface area contributed by atoms with Gasteiger partial charge in [0.1, 0.15) is 0 Å². The van der Waals surface area contributed by atoms with Gasteiger partial charge in [-0.25, -0.2) is 0 Å². The first-order valence-electron chi connectivity index (χ1n) is 6.82. The maximum Gasteiger partial charge on any atom is 0.0664 e. The maximum atomic E-state index is 9.67. The zero-order chi connectivity index (χ0) is 12.0. The van der Waals surface area contributed by atoms with E-state index in [1.807, 2.05) is 0 Å². The van der Waals surface area contributed by atoms with E-state index in [4.69, 9.17) is 0 Å². The molecule has 3 heteroatoms. The molecule has 1 aliphatic rings. The van der Waals surface area contributed by atoms with Crippen molar-refractivity contribution in [2.24, 2.45) is 0 Å². The van der Waals surface area contributed by atoms with Crippen molar-refractivity contribution in [3.05, 3.63) is 0 Å². The Bertz CT molecular complexity index is 187. The molecule has 0 aromatic rings. The summed E-state index contributed by atoms with van der Waals surface area (Å²) in [4.78, 5) is 2.53. The van der Waals surface area contributed by atoms with Crippen molar-refractivity contribution >= 4 is 0 Å².